The maximum Gasteiger partial charge on any atom is 0.00464 e. The van der Waals surface area contributed by atoms with Crippen molar-refractivity contribution < 1.29 is 0 Å². The van der Waals surface area contributed by atoms with Gasteiger partial charge in [0, 0.05) is 19.3 Å². The SMILES string of the molecule is CC/C(C)=C\C#C/C=C\NC. The standard InChI is InChI=1S/C10H15N/c1-4-10(2)8-6-5-7-9-11-3/h7-9,11H,4H2,1-3H3/b9-7-,10-8-. The fourth-order valence-electron chi connectivity index (χ4n) is 0.440. The zero-order valence-corrected chi connectivity index (χ0v) is 7.44. The van der Waals surface area contributed by atoms with Crippen molar-refractivity contribution in [3.05, 3.63) is 23.9 Å². The average molecular weight is 149 g/mol. The molecule has 0 saturated carbocycles. The van der Waals surface area contributed by atoms with E-state index in [0.29, 0.717) is 0 Å². The molecule has 0 aliphatic heterocycles. The van der Waals surface area contributed by atoms with Crippen LogP contribution in [0.5, 0.6) is 0 Å². The molecule has 0 radical (unpaired) electrons. The van der Waals surface area contributed by atoms with Crippen LogP contribution in [0.25, 0.3) is 0 Å². The van der Waals surface area contributed by atoms with Gasteiger partial charge in [-0.1, -0.05) is 24.3 Å². The molecule has 0 aromatic rings. The Balaban J connectivity index is 3.80. The van der Waals surface area contributed by atoms with E-state index in [1.165, 1.54) is 5.57 Å². The fraction of sp³-hybridized carbons (Fsp3) is 0.400. The van der Waals surface area contributed by atoms with Crippen molar-refractivity contribution in [1.29, 1.82) is 0 Å². The van der Waals surface area contributed by atoms with Crippen molar-refractivity contribution in [3.8, 4) is 11.8 Å². The second-order valence-corrected chi connectivity index (χ2v) is 2.25. The van der Waals surface area contributed by atoms with Crippen LogP contribution in [0.1, 0.15) is 20.3 Å². The van der Waals surface area contributed by atoms with Gasteiger partial charge in [-0.2, -0.15) is 0 Å². The lowest BCUT2D eigenvalue weighted by atomic mass is 10.2. The topological polar surface area (TPSA) is 12.0 Å². The Morgan fingerprint density at radius 3 is 2.73 bits per heavy atom. The Morgan fingerprint density at radius 1 is 1.45 bits per heavy atom. The third-order valence-electron chi connectivity index (χ3n) is 1.29. The highest BCUT2D eigenvalue weighted by Gasteiger charge is 1.76. The largest absolute Gasteiger partial charge is 0.393 e. The molecule has 0 rings (SSSR count). The van der Waals surface area contributed by atoms with Crippen LogP contribution in [-0.2, 0) is 0 Å². The Hall–Kier alpha value is -1.16. The van der Waals surface area contributed by atoms with Gasteiger partial charge >= 0.3 is 0 Å². The maximum absolute atomic E-state index is 2.93. The lowest BCUT2D eigenvalue weighted by molar-refractivity contribution is 1.10. The molecule has 0 aromatic carbocycles. The summed E-state index contributed by atoms with van der Waals surface area (Å²) in [5.41, 5.74) is 1.32. The molecule has 0 unspecified atom stereocenters. The summed E-state index contributed by atoms with van der Waals surface area (Å²) in [5.74, 6) is 5.81. The normalized spacial score (nSPS) is 11.0. The van der Waals surface area contributed by atoms with E-state index in [9.17, 15) is 0 Å². The van der Waals surface area contributed by atoms with Crippen molar-refractivity contribution in [3.63, 3.8) is 0 Å². The molecule has 0 bridgehead atoms. The van der Waals surface area contributed by atoms with Crippen LogP contribution in [0.2, 0.25) is 0 Å². The molecular formula is C10H15N. The van der Waals surface area contributed by atoms with Gasteiger partial charge in [0.1, 0.15) is 0 Å². The second kappa shape index (κ2) is 6.95. The summed E-state index contributed by atoms with van der Waals surface area (Å²) in [5, 5.41) is 2.87. The monoisotopic (exact) mass is 149 g/mol. The molecule has 1 heteroatoms. The van der Waals surface area contributed by atoms with Gasteiger partial charge in [-0.25, -0.2) is 0 Å². The van der Waals surface area contributed by atoms with Crippen molar-refractivity contribution in [2.75, 3.05) is 7.05 Å². The third kappa shape index (κ3) is 6.73. The first-order valence-corrected chi connectivity index (χ1v) is 3.80. The predicted molar refractivity (Wildman–Crippen MR) is 50.0 cm³/mol. The molecule has 0 fully saturated rings. The summed E-state index contributed by atoms with van der Waals surface area (Å²) >= 11 is 0. The molecule has 1 nitrogen and oxygen atoms in total. The highest BCUT2D eigenvalue weighted by atomic mass is 14.8. The molecule has 0 atom stereocenters. The van der Waals surface area contributed by atoms with E-state index in [-0.39, 0.29) is 0 Å². The molecule has 0 aromatic heterocycles. The molecule has 0 heterocycles. The minimum atomic E-state index is 1.07. The molecule has 0 aliphatic carbocycles. The fourth-order valence-corrected chi connectivity index (χ4v) is 0.440. The van der Waals surface area contributed by atoms with Crippen molar-refractivity contribution in [1.82, 2.24) is 5.32 Å². The van der Waals surface area contributed by atoms with E-state index in [4.69, 9.17) is 0 Å². The van der Waals surface area contributed by atoms with Crippen molar-refractivity contribution in [2.45, 2.75) is 20.3 Å². The number of allylic oxidation sites excluding steroid dienone is 3. The van der Waals surface area contributed by atoms with Crippen molar-refractivity contribution >= 4 is 0 Å². The molecule has 1 N–H and O–H groups in total. The molecule has 11 heavy (non-hydrogen) atoms. The number of hydrogen-bond acceptors (Lipinski definition) is 1. The quantitative estimate of drug-likeness (QED) is 0.593. The molecular weight excluding hydrogens is 134 g/mol. The first-order valence-electron chi connectivity index (χ1n) is 3.80. The van der Waals surface area contributed by atoms with Crippen LogP contribution in [0.3, 0.4) is 0 Å². The smallest absolute Gasteiger partial charge is 0.00464 e. The van der Waals surface area contributed by atoms with Gasteiger partial charge in [0.25, 0.3) is 0 Å². The number of nitrogens with one attached hydrogen (secondary N) is 1. The lowest BCUT2D eigenvalue weighted by Crippen LogP contribution is -1.89. The summed E-state index contributed by atoms with van der Waals surface area (Å²) < 4.78 is 0. The van der Waals surface area contributed by atoms with Gasteiger partial charge in [0.15, 0.2) is 0 Å². The zero-order valence-electron chi connectivity index (χ0n) is 7.44. The van der Waals surface area contributed by atoms with Gasteiger partial charge in [-0.05, 0) is 19.4 Å². The minimum Gasteiger partial charge on any atom is -0.393 e. The Bertz CT molecular complexity index is 201. The van der Waals surface area contributed by atoms with Gasteiger partial charge < -0.3 is 5.32 Å². The van der Waals surface area contributed by atoms with Crippen LogP contribution >= 0.6 is 0 Å². The van der Waals surface area contributed by atoms with E-state index in [1.54, 1.807) is 6.08 Å². The van der Waals surface area contributed by atoms with Crippen LogP contribution in [0.15, 0.2) is 23.9 Å². The predicted octanol–water partition coefficient (Wildman–Crippen LogP) is 2.08. The molecule has 0 aliphatic rings. The molecule has 60 valence electrons. The lowest BCUT2D eigenvalue weighted by Gasteiger charge is -1.85. The van der Waals surface area contributed by atoms with Gasteiger partial charge in [0.05, 0.1) is 0 Å². The number of rotatable bonds is 2. The first kappa shape index (κ1) is 9.84. The van der Waals surface area contributed by atoms with Crippen LogP contribution in [-0.4, -0.2) is 7.05 Å². The van der Waals surface area contributed by atoms with Crippen LogP contribution in [0.4, 0.5) is 0 Å². The maximum atomic E-state index is 2.93. The van der Waals surface area contributed by atoms with Crippen LogP contribution < -0.4 is 5.32 Å². The van der Waals surface area contributed by atoms with E-state index < -0.39 is 0 Å². The highest BCUT2D eigenvalue weighted by molar-refractivity contribution is 5.25. The summed E-state index contributed by atoms with van der Waals surface area (Å²) in [6.45, 7) is 4.20. The summed E-state index contributed by atoms with van der Waals surface area (Å²) in [7, 11) is 1.85. The molecule has 0 amide bonds. The Morgan fingerprint density at radius 2 is 2.18 bits per heavy atom. The van der Waals surface area contributed by atoms with Gasteiger partial charge in [-0.3, -0.25) is 0 Å². The Kier molecular flexibility index (Phi) is 6.22. The molecule has 0 saturated heterocycles. The zero-order chi connectivity index (χ0) is 8.53. The number of hydrogen-bond donors (Lipinski definition) is 1. The van der Waals surface area contributed by atoms with Crippen LogP contribution in [0, 0.1) is 11.8 Å². The highest BCUT2D eigenvalue weighted by Crippen LogP contribution is 1.94. The van der Waals surface area contributed by atoms with Crippen molar-refractivity contribution in [2.24, 2.45) is 0 Å². The van der Waals surface area contributed by atoms with E-state index in [1.807, 2.05) is 19.3 Å². The van der Waals surface area contributed by atoms with E-state index in [0.717, 1.165) is 6.42 Å². The summed E-state index contributed by atoms with van der Waals surface area (Å²) in [6, 6.07) is 0. The summed E-state index contributed by atoms with van der Waals surface area (Å²) in [4.78, 5) is 0. The second-order valence-electron chi connectivity index (χ2n) is 2.25. The molecule has 0 spiro atoms. The third-order valence-corrected chi connectivity index (χ3v) is 1.29. The summed E-state index contributed by atoms with van der Waals surface area (Å²) in [6.07, 6.45) is 6.62. The van der Waals surface area contributed by atoms with Gasteiger partial charge in [-0.15, -0.1) is 0 Å². The average Bonchev–Trinajstić information content (AvgIpc) is 2.04. The Labute approximate surface area is 69.2 Å². The minimum absolute atomic E-state index is 1.07. The van der Waals surface area contributed by atoms with E-state index >= 15 is 0 Å². The van der Waals surface area contributed by atoms with Gasteiger partial charge in [0.2, 0.25) is 0 Å². The van der Waals surface area contributed by atoms with E-state index in [2.05, 4.69) is 31.0 Å². The first-order chi connectivity index (χ1) is 5.31.